The molecule has 20 heavy (non-hydrogen) atoms. The Morgan fingerprint density at radius 1 is 1.30 bits per heavy atom. The van der Waals surface area contributed by atoms with Gasteiger partial charge in [-0.05, 0) is 31.4 Å². The van der Waals surface area contributed by atoms with Crippen LogP contribution in [0.2, 0.25) is 0 Å². The van der Waals surface area contributed by atoms with Crippen LogP contribution in [-0.2, 0) is 16.6 Å². The van der Waals surface area contributed by atoms with E-state index >= 15 is 0 Å². The molecule has 3 rings (SSSR count). The van der Waals surface area contributed by atoms with Gasteiger partial charge in [0.25, 0.3) is 0 Å². The maximum absolute atomic E-state index is 12.3. The SMILES string of the molecule is Cc1occc1S(=O)Cc1nc(-c2cccs2)oc1C. The van der Waals surface area contributed by atoms with Crippen molar-refractivity contribution >= 4 is 22.1 Å². The van der Waals surface area contributed by atoms with Crippen LogP contribution in [0.3, 0.4) is 0 Å². The Kier molecular flexibility index (Phi) is 3.58. The van der Waals surface area contributed by atoms with Crippen LogP contribution < -0.4 is 0 Å². The average Bonchev–Trinajstić information content (AvgIpc) is 3.11. The number of furan rings is 1. The smallest absolute Gasteiger partial charge is 0.236 e. The Labute approximate surface area is 122 Å². The summed E-state index contributed by atoms with van der Waals surface area (Å²) in [7, 11) is -1.17. The van der Waals surface area contributed by atoms with Gasteiger partial charge in [-0.2, -0.15) is 0 Å². The molecular weight excluding hydrogens is 294 g/mol. The summed E-state index contributed by atoms with van der Waals surface area (Å²) in [5.74, 6) is 2.32. The molecule has 6 heteroatoms. The largest absolute Gasteiger partial charge is 0.468 e. The van der Waals surface area contributed by atoms with Crippen LogP contribution in [0, 0.1) is 13.8 Å². The van der Waals surface area contributed by atoms with Crippen LogP contribution in [0.4, 0.5) is 0 Å². The normalized spacial score (nSPS) is 12.7. The molecule has 0 N–H and O–H groups in total. The Morgan fingerprint density at radius 3 is 2.80 bits per heavy atom. The molecule has 0 saturated carbocycles. The minimum Gasteiger partial charge on any atom is -0.468 e. The van der Waals surface area contributed by atoms with Gasteiger partial charge in [0.1, 0.15) is 11.5 Å². The molecule has 3 aromatic rings. The van der Waals surface area contributed by atoms with Crippen LogP contribution in [0.15, 0.2) is 43.6 Å². The molecule has 0 aliphatic rings. The van der Waals surface area contributed by atoms with E-state index in [4.69, 9.17) is 8.83 Å². The van der Waals surface area contributed by atoms with E-state index in [2.05, 4.69) is 4.98 Å². The van der Waals surface area contributed by atoms with E-state index in [1.54, 1.807) is 30.6 Å². The molecule has 1 atom stereocenters. The molecule has 0 saturated heterocycles. The molecule has 0 aliphatic heterocycles. The molecule has 4 nitrogen and oxygen atoms in total. The minimum atomic E-state index is -1.17. The highest BCUT2D eigenvalue weighted by Gasteiger charge is 2.17. The summed E-state index contributed by atoms with van der Waals surface area (Å²) in [6.45, 7) is 3.65. The van der Waals surface area contributed by atoms with Gasteiger partial charge < -0.3 is 8.83 Å². The Balaban J connectivity index is 1.85. The van der Waals surface area contributed by atoms with E-state index < -0.39 is 10.8 Å². The van der Waals surface area contributed by atoms with Crippen molar-refractivity contribution < 1.29 is 13.0 Å². The summed E-state index contributed by atoms with van der Waals surface area (Å²) in [5, 5.41) is 1.97. The summed E-state index contributed by atoms with van der Waals surface area (Å²) >= 11 is 1.57. The third kappa shape index (κ3) is 2.48. The summed E-state index contributed by atoms with van der Waals surface area (Å²) in [6.07, 6.45) is 1.55. The summed E-state index contributed by atoms with van der Waals surface area (Å²) < 4.78 is 23.1. The first kappa shape index (κ1) is 13.3. The number of nitrogens with zero attached hydrogens (tertiary/aromatic N) is 1. The number of thiophene rings is 1. The van der Waals surface area contributed by atoms with Gasteiger partial charge in [-0.25, -0.2) is 4.98 Å². The second-order valence-electron chi connectivity index (χ2n) is 4.33. The lowest BCUT2D eigenvalue weighted by Crippen LogP contribution is -1.98. The third-order valence-corrected chi connectivity index (χ3v) is 5.26. The van der Waals surface area contributed by atoms with Crippen molar-refractivity contribution in [2.45, 2.75) is 24.5 Å². The lowest BCUT2D eigenvalue weighted by Gasteiger charge is -1.98. The van der Waals surface area contributed by atoms with Gasteiger partial charge >= 0.3 is 0 Å². The van der Waals surface area contributed by atoms with Crippen molar-refractivity contribution in [3.05, 3.63) is 47.1 Å². The second kappa shape index (κ2) is 5.38. The van der Waals surface area contributed by atoms with Gasteiger partial charge in [-0.15, -0.1) is 11.3 Å². The summed E-state index contributed by atoms with van der Waals surface area (Å²) in [4.78, 5) is 6.14. The highest BCUT2D eigenvalue weighted by atomic mass is 32.2. The van der Waals surface area contributed by atoms with Crippen molar-refractivity contribution in [3.63, 3.8) is 0 Å². The van der Waals surface area contributed by atoms with E-state index in [1.807, 2.05) is 24.4 Å². The average molecular weight is 307 g/mol. The molecular formula is C14H13NO3S2. The fourth-order valence-corrected chi connectivity index (χ4v) is 3.78. The van der Waals surface area contributed by atoms with E-state index in [-0.39, 0.29) is 0 Å². The van der Waals surface area contributed by atoms with Crippen molar-refractivity contribution in [2.24, 2.45) is 0 Å². The van der Waals surface area contributed by atoms with Crippen LogP contribution in [0.1, 0.15) is 17.2 Å². The lowest BCUT2D eigenvalue weighted by molar-refractivity contribution is 0.525. The molecule has 0 radical (unpaired) electrons. The first-order valence-corrected chi connectivity index (χ1v) is 8.27. The fraction of sp³-hybridized carbons (Fsp3) is 0.214. The number of oxazole rings is 1. The van der Waals surface area contributed by atoms with Crippen molar-refractivity contribution in [3.8, 4) is 10.8 Å². The molecule has 0 bridgehead atoms. The number of aryl methyl sites for hydroxylation is 2. The first-order chi connectivity index (χ1) is 9.65. The van der Waals surface area contributed by atoms with Crippen LogP contribution in [-0.4, -0.2) is 9.19 Å². The van der Waals surface area contributed by atoms with E-state index in [9.17, 15) is 4.21 Å². The van der Waals surface area contributed by atoms with Gasteiger partial charge in [0.05, 0.1) is 38.3 Å². The Hall–Kier alpha value is -1.66. The van der Waals surface area contributed by atoms with Gasteiger partial charge in [0.15, 0.2) is 0 Å². The predicted octanol–water partition coefficient (Wildman–Crippen LogP) is 3.92. The van der Waals surface area contributed by atoms with Gasteiger partial charge in [-0.1, -0.05) is 6.07 Å². The van der Waals surface area contributed by atoms with Gasteiger partial charge in [0, 0.05) is 0 Å². The summed E-state index contributed by atoms with van der Waals surface area (Å²) in [5.41, 5.74) is 0.729. The molecule has 3 heterocycles. The fourth-order valence-electron chi connectivity index (χ4n) is 1.88. The molecule has 0 spiro atoms. The quantitative estimate of drug-likeness (QED) is 0.733. The first-order valence-electron chi connectivity index (χ1n) is 6.08. The minimum absolute atomic E-state index is 0.334. The van der Waals surface area contributed by atoms with E-state index in [0.29, 0.717) is 28.1 Å². The molecule has 0 amide bonds. The monoisotopic (exact) mass is 307 g/mol. The number of rotatable bonds is 4. The van der Waals surface area contributed by atoms with Crippen LogP contribution in [0.5, 0.6) is 0 Å². The van der Waals surface area contributed by atoms with Gasteiger partial charge in [0.2, 0.25) is 5.89 Å². The lowest BCUT2D eigenvalue weighted by atomic mass is 10.4. The predicted molar refractivity (Wildman–Crippen MR) is 78.1 cm³/mol. The zero-order valence-electron chi connectivity index (χ0n) is 11.1. The number of aromatic nitrogens is 1. The standard InChI is InChI=1S/C14H13NO3S2/c1-9-11(8-20(16)13-5-6-17-10(13)2)15-14(18-9)12-4-3-7-19-12/h3-7H,8H2,1-2H3. The molecule has 3 aromatic heterocycles. The maximum atomic E-state index is 12.3. The molecule has 104 valence electrons. The van der Waals surface area contributed by atoms with Crippen LogP contribution in [0.25, 0.3) is 10.8 Å². The van der Waals surface area contributed by atoms with Crippen molar-refractivity contribution in [1.29, 1.82) is 0 Å². The topological polar surface area (TPSA) is 56.2 Å². The molecule has 1 unspecified atom stereocenters. The number of hydrogen-bond donors (Lipinski definition) is 0. The Morgan fingerprint density at radius 2 is 2.15 bits per heavy atom. The Bertz CT molecular complexity index is 740. The summed E-state index contributed by atoms with van der Waals surface area (Å²) in [6, 6.07) is 5.64. The molecule has 0 aliphatic carbocycles. The third-order valence-electron chi connectivity index (χ3n) is 2.95. The second-order valence-corrected chi connectivity index (χ2v) is 6.70. The number of hydrogen-bond acceptors (Lipinski definition) is 5. The van der Waals surface area contributed by atoms with Crippen molar-refractivity contribution in [2.75, 3.05) is 0 Å². The molecule has 0 fully saturated rings. The highest BCUT2D eigenvalue weighted by molar-refractivity contribution is 7.84. The maximum Gasteiger partial charge on any atom is 0.236 e. The zero-order chi connectivity index (χ0) is 14.1. The van der Waals surface area contributed by atoms with E-state index in [1.165, 1.54) is 0 Å². The van der Waals surface area contributed by atoms with Crippen LogP contribution >= 0.6 is 11.3 Å². The van der Waals surface area contributed by atoms with Gasteiger partial charge in [-0.3, -0.25) is 4.21 Å². The van der Waals surface area contributed by atoms with Crippen molar-refractivity contribution in [1.82, 2.24) is 4.98 Å². The molecule has 0 aromatic carbocycles. The zero-order valence-corrected chi connectivity index (χ0v) is 12.7. The van der Waals surface area contributed by atoms with E-state index in [0.717, 1.165) is 10.6 Å². The highest BCUT2D eigenvalue weighted by Crippen LogP contribution is 2.27.